The highest BCUT2D eigenvalue weighted by molar-refractivity contribution is 5.96. The van der Waals surface area contributed by atoms with Crippen molar-refractivity contribution in [1.82, 2.24) is 4.90 Å². The van der Waals surface area contributed by atoms with Crippen LogP contribution in [0.4, 0.5) is 20.2 Å². The first-order valence-corrected chi connectivity index (χ1v) is 10.3. The molecule has 0 aromatic heterocycles. The van der Waals surface area contributed by atoms with E-state index in [0.717, 1.165) is 5.69 Å². The third-order valence-electron chi connectivity index (χ3n) is 5.57. The Morgan fingerprint density at radius 1 is 1.09 bits per heavy atom. The minimum absolute atomic E-state index is 0.0670. The standard InChI is InChI=1S/C23H27F2N3O4/c1-15-14-27(18-10-8-17(9-11-18)22(30)31-3)12-13-28(15)16(2)21(29)26-19-6-4-5-7-20(19)32-23(24)25/h4-11,15-16,23H,12-14H2,1-3H3,(H,26,29). The molecule has 0 bridgehead atoms. The van der Waals surface area contributed by atoms with Gasteiger partial charge in [-0.2, -0.15) is 8.78 Å². The van der Waals surface area contributed by atoms with Crippen molar-refractivity contribution in [3.05, 3.63) is 54.1 Å². The molecule has 1 N–H and O–H groups in total. The number of nitrogens with one attached hydrogen (secondary N) is 1. The number of nitrogens with zero attached hydrogens (tertiary/aromatic N) is 2. The Morgan fingerprint density at radius 3 is 2.41 bits per heavy atom. The zero-order valence-corrected chi connectivity index (χ0v) is 18.3. The lowest BCUT2D eigenvalue weighted by molar-refractivity contribution is -0.121. The van der Waals surface area contributed by atoms with Crippen LogP contribution < -0.4 is 15.0 Å². The van der Waals surface area contributed by atoms with Crippen LogP contribution in [0, 0.1) is 0 Å². The van der Waals surface area contributed by atoms with Gasteiger partial charge in [-0.1, -0.05) is 12.1 Å². The number of benzene rings is 2. The Bertz CT molecular complexity index is 939. The summed E-state index contributed by atoms with van der Waals surface area (Å²) in [6.45, 7) is 2.89. The van der Waals surface area contributed by atoms with E-state index in [1.165, 1.54) is 19.2 Å². The first kappa shape index (κ1) is 23.5. The summed E-state index contributed by atoms with van der Waals surface area (Å²) in [4.78, 5) is 28.7. The topological polar surface area (TPSA) is 71.1 Å². The fraction of sp³-hybridized carbons (Fsp3) is 0.391. The maximum Gasteiger partial charge on any atom is 0.387 e. The Hall–Kier alpha value is -3.20. The summed E-state index contributed by atoms with van der Waals surface area (Å²) in [5.41, 5.74) is 1.69. The van der Waals surface area contributed by atoms with Crippen LogP contribution in [0.25, 0.3) is 0 Å². The number of esters is 1. The first-order chi connectivity index (χ1) is 15.3. The number of piperazine rings is 1. The van der Waals surface area contributed by atoms with Gasteiger partial charge in [-0.3, -0.25) is 9.69 Å². The highest BCUT2D eigenvalue weighted by Crippen LogP contribution is 2.27. The van der Waals surface area contributed by atoms with Gasteiger partial charge in [0.1, 0.15) is 5.75 Å². The Kier molecular flexibility index (Phi) is 7.63. The van der Waals surface area contributed by atoms with E-state index in [0.29, 0.717) is 25.2 Å². The Morgan fingerprint density at radius 2 is 1.78 bits per heavy atom. The van der Waals surface area contributed by atoms with Crippen molar-refractivity contribution in [3.8, 4) is 5.75 Å². The summed E-state index contributed by atoms with van der Waals surface area (Å²) < 4.78 is 34.5. The smallest absolute Gasteiger partial charge is 0.387 e. The van der Waals surface area contributed by atoms with Crippen LogP contribution in [0.3, 0.4) is 0 Å². The molecule has 0 spiro atoms. The quantitative estimate of drug-likeness (QED) is 0.654. The van der Waals surface area contributed by atoms with Gasteiger partial charge in [0.25, 0.3) is 0 Å². The molecule has 2 aromatic carbocycles. The summed E-state index contributed by atoms with van der Waals surface area (Å²) in [5, 5.41) is 2.70. The van der Waals surface area contributed by atoms with Crippen LogP contribution in [-0.4, -0.2) is 62.2 Å². The molecule has 3 rings (SSSR count). The summed E-state index contributed by atoms with van der Waals surface area (Å²) in [7, 11) is 1.35. The van der Waals surface area contributed by atoms with Crippen molar-refractivity contribution in [3.63, 3.8) is 0 Å². The van der Waals surface area contributed by atoms with Crippen LogP contribution in [0.2, 0.25) is 0 Å². The molecule has 1 saturated heterocycles. The van der Waals surface area contributed by atoms with Gasteiger partial charge in [-0.25, -0.2) is 4.79 Å². The van der Waals surface area contributed by atoms with Crippen LogP contribution in [0.1, 0.15) is 24.2 Å². The van der Waals surface area contributed by atoms with E-state index in [4.69, 9.17) is 4.74 Å². The second-order valence-electron chi connectivity index (χ2n) is 7.61. The lowest BCUT2D eigenvalue weighted by Crippen LogP contribution is -2.57. The third kappa shape index (κ3) is 5.53. The Labute approximate surface area is 185 Å². The number of alkyl halides is 2. The van der Waals surface area contributed by atoms with Crippen molar-refractivity contribution in [2.24, 2.45) is 0 Å². The van der Waals surface area contributed by atoms with Gasteiger partial charge in [-0.15, -0.1) is 0 Å². The van der Waals surface area contributed by atoms with Crippen LogP contribution in [-0.2, 0) is 9.53 Å². The van der Waals surface area contributed by atoms with E-state index in [9.17, 15) is 18.4 Å². The molecule has 9 heteroatoms. The fourth-order valence-corrected chi connectivity index (χ4v) is 3.86. The molecule has 1 aliphatic rings. The van der Waals surface area contributed by atoms with Gasteiger partial charge < -0.3 is 19.7 Å². The fourth-order valence-electron chi connectivity index (χ4n) is 3.86. The van der Waals surface area contributed by atoms with Crippen molar-refractivity contribution in [2.45, 2.75) is 32.5 Å². The maximum absolute atomic E-state index is 12.8. The van der Waals surface area contributed by atoms with Crippen LogP contribution in [0.15, 0.2) is 48.5 Å². The number of halogens is 2. The predicted octanol–water partition coefficient (Wildman–Crippen LogP) is 3.61. The van der Waals surface area contributed by atoms with Crippen molar-refractivity contribution in [1.29, 1.82) is 0 Å². The zero-order valence-electron chi connectivity index (χ0n) is 18.3. The molecule has 2 unspecified atom stereocenters. The average Bonchev–Trinajstić information content (AvgIpc) is 2.79. The number of carbonyl (C=O) groups excluding carboxylic acids is 2. The molecule has 1 amide bonds. The minimum Gasteiger partial charge on any atom is -0.465 e. The number of carbonyl (C=O) groups is 2. The first-order valence-electron chi connectivity index (χ1n) is 10.3. The molecule has 0 saturated carbocycles. The number of hydrogen-bond donors (Lipinski definition) is 1. The highest BCUT2D eigenvalue weighted by Gasteiger charge is 2.31. The molecule has 2 atom stereocenters. The molecule has 1 aliphatic heterocycles. The molecule has 1 heterocycles. The summed E-state index contributed by atoms with van der Waals surface area (Å²) in [6, 6.07) is 12.9. The summed E-state index contributed by atoms with van der Waals surface area (Å²) in [5.74, 6) is -0.746. The van der Waals surface area contributed by atoms with Gasteiger partial charge in [0.05, 0.1) is 24.4 Å². The van der Waals surface area contributed by atoms with Crippen LogP contribution >= 0.6 is 0 Å². The van der Waals surface area contributed by atoms with E-state index in [1.54, 1.807) is 31.2 Å². The van der Waals surface area contributed by atoms with E-state index in [1.807, 2.05) is 19.1 Å². The normalized spacial score (nSPS) is 17.7. The summed E-state index contributed by atoms with van der Waals surface area (Å²) >= 11 is 0. The second-order valence-corrected chi connectivity index (χ2v) is 7.61. The SMILES string of the molecule is COC(=O)c1ccc(N2CCN(C(C)C(=O)Nc3ccccc3OC(F)F)C(C)C2)cc1. The Balaban J connectivity index is 1.61. The monoisotopic (exact) mass is 447 g/mol. The zero-order chi connectivity index (χ0) is 23.3. The predicted molar refractivity (Wildman–Crippen MR) is 117 cm³/mol. The summed E-state index contributed by atoms with van der Waals surface area (Å²) in [6.07, 6.45) is 0. The van der Waals surface area contributed by atoms with E-state index < -0.39 is 12.7 Å². The molecule has 32 heavy (non-hydrogen) atoms. The number of ether oxygens (including phenoxy) is 2. The largest absolute Gasteiger partial charge is 0.465 e. The third-order valence-corrected chi connectivity index (χ3v) is 5.57. The van der Waals surface area contributed by atoms with Gasteiger partial charge >= 0.3 is 12.6 Å². The lowest BCUT2D eigenvalue weighted by atomic mass is 10.1. The van der Waals surface area contributed by atoms with Crippen molar-refractivity contribution >= 4 is 23.3 Å². The molecule has 2 aromatic rings. The number of amides is 1. The highest BCUT2D eigenvalue weighted by atomic mass is 19.3. The number of para-hydroxylation sites is 2. The minimum atomic E-state index is -2.97. The van der Waals surface area contributed by atoms with Gasteiger partial charge in [-0.05, 0) is 50.2 Å². The number of anilines is 2. The van der Waals surface area contributed by atoms with E-state index >= 15 is 0 Å². The van der Waals surface area contributed by atoms with Gasteiger partial charge in [0, 0.05) is 31.4 Å². The van der Waals surface area contributed by atoms with Gasteiger partial charge in [0.2, 0.25) is 5.91 Å². The average molecular weight is 447 g/mol. The molecule has 7 nitrogen and oxygen atoms in total. The second kappa shape index (κ2) is 10.4. The number of methoxy groups -OCH3 is 1. The van der Waals surface area contributed by atoms with Gasteiger partial charge in [0.15, 0.2) is 0 Å². The van der Waals surface area contributed by atoms with Crippen molar-refractivity contribution < 1.29 is 27.8 Å². The molecule has 172 valence electrons. The van der Waals surface area contributed by atoms with E-state index in [-0.39, 0.29) is 29.4 Å². The number of rotatable bonds is 7. The molecular formula is C23H27F2N3O4. The van der Waals surface area contributed by atoms with Crippen LogP contribution in [0.5, 0.6) is 5.75 Å². The lowest BCUT2D eigenvalue weighted by Gasteiger charge is -2.43. The van der Waals surface area contributed by atoms with Crippen molar-refractivity contribution in [2.75, 3.05) is 37.0 Å². The number of hydrogen-bond acceptors (Lipinski definition) is 6. The molecule has 1 fully saturated rings. The maximum atomic E-state index is 12.8. The molecule has 0 radical (unpaired) electrons. The molecule has 0 aliphatic carbocycles. The van der Waals surface area contributed by atoms with E-state index in [2.05, 4.69) is 19.9 Å². The molecular weight excluding hydrogens is 420 g/mol.